The molecule has 2 aromatic carbocycles. The van der Waals surface area contributed by atoms with Crippen molar-refractivity contribution in [1.82, 2.24) is 20.8 Å². The Hall–Kier alpha value is -3.03. The van der Waals surface area contributed by atoms with Gasteiger partial charge in [-0.15, -0.1) is 0 Å². The zero-order chi connectivity index (χ0) is 19.8. The Kier molecular flexibility index (Phi) is 4.61. The van der Waals surface area contributed by atoms with Crippen LogP contribution in [-0.4, -0.2) is 34.0 Å². The average Bonchev–Trinajstić information content (AvgIpc) is 3.17. The first kappa shape index (κ1) is 18.0. The summed E-state index contributed by atoms with van der Waals surface area (Å²) in [6.07, 6.45) is 2.80. The second-order valence-electron chi connectivity index (χ2n) is 7.87. The van der Waals surface area contributed by atoms with E-state index in [9.17, 15) is 4.79 Å². The van der Waals surface area contributed by atoms with E-state index < -0.39 is 0 Å². The van der Waals surface area contributed by atoms with E-state index in [0.29, 0.717) is 5.95 Å². The van der Waals surface area contributed by atoms with Gasteiger partial charge in [0.2, 0.25) is 11.9 Å². The molecule has 4 atom stereocenters. The topological polar surface area (TPSA) is 105 Å². The number of anilines is 1. The van der Waals surface area contributed by atoms with E-state index in [0.717, 1.165) is 41.4 Å². The minimum absolute atomic E-state index is 0.174. The molecule has 5 rings (SSSR count). The van der Waals surface area contributed by atoms with Crippen molar-refractivity contribution in [2.75, 3.05) is 5.32 Å². The molecule has 0 spiro atoms. The first-order chi connectivity index (χ1) is 14.2. The SMILES string of the molecule is NC(=O)C1NNC2CCC(Nc3nc(-c4ccccc4)c4ccccc4n3)CC21. The number of aromatic nitrogens is 2. The summed E-state index contributed by atoms with van der Waals surface area (Å²) >= 11 is 0. The fraction of sp³-hybridized carbons (Fsp3) is 0.318. The third-order valence-electron chi connectivity index (χ3n) is 6.04. The lowest BCUT2D eigenvalue weighted by molar-refractivity contribution is -0.120. The summed E-state index contributed by atoms with van der Waals surface area (Å²) in [5, 5.41) is 4.56. The van der Waals surface area contributed by atoms with Crippen LogP contribution in [0.15, 0.2) is 54.6 Å². The van der Waals surface area contributed by atoms with Crippen LogP contribution in [0.3, 0.4) is 0 Å². The van der Waals surface area contributed by atoms with Crippen molar-refractivity contribution in [1.29, 1.82) is 0 Å². The monoisotopic (exact) mass is 388 g/mol. The molecule has 29 heavy (non-hydrogen) atoms. The number of nitrogens with two attached hydrogens (primary N) is 1. The molecule has 7 nitrogen and oxygen atoms in total. The normalized spacial score (nSPS) is 26.2. The number of primary amides is 1. The van der Waals surface area contributed by atoms with E-state index in [1.54, 1.807) is 0 Å². The highest BCUT2D eigenvalue weighted by atomic mass is 16.1. The maximum absolute atomic E-state index is 11.7. The number of hydrogen-bond acceptors (Lipinski definition) is 6. The van der Waals surface area contributed by atoms with Gasteiger partial charge < -0.3 is 11.1 Å². The molecular formula is C22H24N6O. The number of hydrazine groups is 1. The molecule has 7 heteroatoms. The molecule has 0 radical (unpaired) electrons. The molecule has 1 aliphatic heterocycles. The molecule has 5 N–H and O–H groups in total. The van der Waals surface area contributed by atoms with Gasteiger partial charge in [-0.05, 0) is 25.3 Å². The van der Waals surface area contributed by atoms with Gasteiger partial charge in [0.25, 0.3) is 0 Å². The first-order valence-corrected chi connectivity index (χ1v) is 10.1. The summed E-state index contributed by atoms with van der Waals surface area (Å²) in [6.45, 7) is 0. The lowest BCUT2D eigenvalue weighted by atomic mass is 9.79. The highest BCUT2D eigenvalue weighted by Gasteiger charge is 2.42. The zero-order valence-electron chi connectivity index (χ0n) is 16.0. The lowest BCUT2D eigenvalue weighted by Crippen LogP contribution is -2.44. The van der Waals surface area contributed by atoms with Crippen LogP contribution in [0, 0.1) is 5.92 Å². The molecule has 0 bridgehead atoms. The maximum Gasteiger partial charge on any atom is 0.236 e. The van der Waals surface area contributed by atoms with E-state index in [2.05, 4.69) is 34.4 Å². The van der Waals surface area contributed by atoms with Gasteiger partial charge in [0.1, 0.15) is 6.04 Å². The van der Waals surface area contributed by atoms with Gasteiger partial charge in [0.05, 0.1) is 11.2 Å². The van der Waals surface area contributed by atoms with Crippen molar-refractivity contribution < 1.29 is 4.79 Å². The van der Waals surface area contributed by atoms with Gasteiger partial charge in [-0.3, -0.25) is 10.2 Å². The number of hydrogen-bond donors (Lipinski definition) is 4. The van der Waals surface area contributed by atoms with Gasteiger partial charge in [-0.1, -0.05) is 48.5 Å². The van der Waals surface area contributed by atoms with E-state index in [1.165, 1.54) is 0 Å². The maximum atomic E-state index is 11.7. The van der Waals surface area contributed by atoms with Gasteiger partial charge in [-0.25, -0.2) is 15.4 Å². The van der Waals surface area contributed by atoms with Crippen molar-refractivity contribution in [3.05, 3.63) is 54.6 Å². The van der Waals surface area contributed by atoms with Crippen molar-refractivity contribution >= 4 is 22.8 Å². The number of nitrogens with zero attached hydrogens (tertiary/aromatic N) is 2. The Bertz CT molecular complexity index is 1040. The standard InChI is InChI=1S/C22H24N6O/c23-21(29)20-16-12-14(10-11-18(16)27-28-20)24-22-25-17-9-5-4-8-15(17)19(26-22)13-6-2-1-3-7-13/h1-9,14,16,18,20,27-28H,10-12H2,(H2,23,29)(H,24,25,26). The van der Waals surface area contributed by atoms with E-state index >= 15 is 0 Å². The van der Waals surface area contributed by atoms with Gasteiger partial charge in [0, 0.05) is 29.0 Å². The second kappa shape index (κ2) is 7.42. The Morgan fingerprint density at radius 2 is 1.79 bits per heavy atom. The van der Waals surface area contributed by atoms with Crippen molar-refractivity contribution in [2.45, 2.75) is 37.4 Å². The predicted molar refractivity (Wildman–Crippen MR) is 113 cm³/mol. The number of carbonyl (C=O) groups is 1. The van der Waals surface area contributed by atoms with Crippen LogP contribution in [0.1, 0.15) is 19.3 Å². The second-order valence-corrected chi connectivity index (χ2v) is 7.87. The van der Waals surface area contributed by atoms with Crippen LogP contribution >= 0.6 is 0 Å². The van der Waals surface area contributed by atoms with E-state index in [1.807, 2.05) is 36.4 Å². The van der Waals surface area contributed by atoms with Crippen molar-refractivity contribution in [3.63, 3.8) is 0 Å². The lowest BCUT2D eigenvalue weighted by Gasteiger charge is -2.32. The third-order valence-corrected chi connectivity index (χ3v) is 6.04. The van der Waals surface area contributed by atoms with Crippen LogP contribution < -0.4 is 21.9 Å². The molecule has 4 unspecified atom stereocenters. The number of amides is 1. The molecule has 3 aromatic rings. The summed E-state index contributed by atoms with van der Waals surface area (Å²) in [5.74, 6) is 0.493. The Balaban J connectivity index is 1.44. The van der Waals surface area contributed by atoms with E-state index in [-0.39, 0.29) is 30.0 Å². The Labute approximate surface area is 169 Å². The largest absolute Gasteiger partial charge is 0.368 e. The molecule has 1 saturated heterocycles. The number of fused-ring (bicyclic) bond motifs is 2. The Morgan fingerprint density at radius 3 is 2.62 bits per heavy atom. The molecule has 1 saturated carbocycles. The van der Waals surface area contributed by atoms with E-state index in [4.69, 9.17) is 15.7 Å². The van der Waals surface area contributed by atoms with Gasteiger partial charge >= 0.3 is 0 Å². The number of para-hydroxylation sites is 1. The van der Waals surface area contributed by atoms with Crippen LogP contribution in [0.2, 0.25) is 0 Å². The number of benzene rings is 2. The molecule has 2 fully saturated rings. The molecular weight excluding hydrogens is 364 g/mol. The van der Waals surface area contributed by atoms with Crippen LogP contribution in [0.5, 0.6) is 0 Å². The fourth-order valence-corrected chi connectivity index (χ4v) is 4.61. The van der Waals surface area contributed by atoms with Gasteiger partial charge in [0.15, 0.2) is 0 Å². The Morgan fingerprint density at radius 1 is 1.00 bits per heavy atom. The highest BCUT2D eigenvalue weighted by molar-refractivity contribution is 5.93. The summed E-state index contributed by atoms with van der Waals surface area (Å²) in [7, 11) is 0. The third kappa shape index (κ3) is 3.43. The minimum atomic E-state index is -0.331. The molecule has 1 amide bonds. The van der Waals surface area contributed by atoms with Crippen molar-refractivity contribution in [3.8, 4) is 11.3 Å². The molecule has 1 aliphatic carbocycles. The summed E-state index contributed by atoms with van der Waals surface area (Å²) in [5.41, 5.74) is 14.7. The highest BCUT2D eigenvalue weighted by Crippen LogP contribution is 2.33. The number of nitrogens with one attached hydrogen (secondary N) is 3. The van der Waals surface area contributed by atoms with Crippen LogP contribution in [-0.2, 0) is 4.79 Å². The first-order valence-electron chi connectivity index (χ1n) is 10.1. The molecule has 2 heterocycles. The van der Waals surface area contributed by atoms with Crippen LogP contribution in [0.4, 0.5) is 5.95 Å². The smallest absolute Gasteiger partial charge is 0.236 e. The van der Waals surface area contributed by atoms with Crippen LogP contribution in [0.25, 0.3) is 22.2 Å². The summed E-state index contributed by atoms with van der Waals surface area (Å²) in [4.78, 5) is 21.4. The van der Waals surface area contributed by atoms with Gasteiger partial charge in [-0.2, -0.15) is 0 Å². The molecule has 148 valence electrons. The summed E-state index contributed by atoms with van der Waals surface area (Å²) < 4.78 is 0. The molecule has 2 aliphatic rings. The average molecular weight is 388 g/mol. The number of carbonyl (C=O) groups excluding carboxylic acids is 1. The zero-order valence-corrected chi connectivity index (χ0v) is 16.0. The van der Waals surface area contributed by atoms with Crippen molar-refractivity contribution in [2.24, 2.45) is 11.7 Å². The predicted octanol–water partition coefficient (Wildman–Crippen LogP) is 2.21. The quantitative estimate of drug-likeness (QED) is 0.546. The summed E-state index contributed by atoms with van der Waals surface area (Å²) in [6, 6.07) is 18.4. The molecule has 1 aromatic heterocycles. The minimum Gasteiger partial charge on any atom is -0.368 e. The fourth-order valence-electron chi connectivity index (χ4n) is 4.61. The number of rotatable bonds is 4.